The van der Waals surface area contributed by atoms with Crippen molar-refractivity contribution in [2.24, 2.45) is 0 Å². The Labute approximate surface area is 94.7 Å². The largest absolute Gasteiger partial charge is 0.477 e. The van der Waals surface area contributed by atoms with Crippen molar-refractivity contribution in [2.75, 3.05) is 0 Å². The molecule has 0 spiro atoms. The molecular weight excluding hydrogens is 232 g/mol. The van der Waals surface area contributed by atoms with Gasteiger partial charge in [0, 0.05) is 13.0 Å². The van der Waals surface area contributed by atoms with Crippen LogP contribution in [0.15, 0.2) is 22.2 Å². The number of hydrogen-bond donors (Lipinski definition) is 2. The van der Waals surface area contributed by atoms with Crippen LogP contribution in [0.4, 0.5) is 5.88 Å². The number of furan rings is 1. The minimum Gasteiger partial charge on any atom is -0.477 e. The summed E-state index contributed by atoms with van der Waals surface area (Å²) in [4.78, 5) is 31.0. The lowest BCUT2D eigenvalue weighted by Crippen LogP contribution is -2.24. The van der Waals surface area contributed by atoms with Crippen LogP contribution in [0.5, 0.6) is 0 Å². The van der Waals surface area contributed by atoms with Gasteiger partial charge < -0.3 is 14.8 Å². The Balaban J connectivity index is 3.00. The Bertz CT molecular complexity index is 501. The number of hydrogen-bond acceptors (Lipinski definition) is 5. The van der Waals surface area contributed by atoms with Gasteiger partial charge in [0.15, 0.2) is 0 Å². The van der Waals surface area contributed by atoms with Crippen molar-refractivity contribution in [3.8, 4) is 0 Å². The molecule has 1 rings (SSSR count). The van der Waals surface area contributed by atoms with Crippen molar-refractivity contribution < 1.29 is 24.0 Å². The molecule has 1 heterocycles. The van der Waals surface area contributed by atoms with Crippen LogP contribution in [0.1, 0.15) is 12.7 Å². The van der Waals surface area contributed by atoms with E-state index >= 15 is 0 Å². The van der Waals surface area contributed by atoms with Crippen molar-refractivity contribution in [1.29, 1.82) is 0 Å². The number of aliphatic carboxylic acids is 1. The van der Waals surface area contributed by atoms with Gasteiger partial charge in [-0.15, -0.1) is 0 Å². The van der Waals surface area contributed by atoms with Gasteiger partial charge in [-0.1, -0.05) is 0 Å². The lowest BCUT2D eigenvalue weighted by Gasteiger charge is -2.00. The number of rotatable bonds is 4. The third-order valence-electron chi connectivity index (χ3n) is 1.62. The molecule has 0 aliphatic heterocycles. The summed E-state index contributed by atoms with van der Waals surface area (Å²) in [6, 6.07) is 2.31. The van der Waals surface area contributed by atoms with E-state index in [1.165, 1.54) is 6.07 Å². The van der Waals surface area contributed by atoms with Crippen molar-refractivity contribution in [3.05, 3.63) is 33.7 Å². The average molecular weight is 240 g/mol. The minimum absolute atomic E-state index is 0.0390. The van der Waals surface area contributed by atoms with Gasteiger partial charge in [-0.05, 0) is 6.07 Å². The van der Waals surface area contributed by atoms with E-state index < -0.39 is 28.4 Å². The van der Waals surface area contributed by atoms with Gasteiger partial charge >= 0.3 is 11.9 Å². The second kappa shape index (κ2) is 4.92. The van der Waals surface area contributed by atoms with Crippen LogP contribution in [0.25, 0.3) is 6.08 Å². The molecule has 0 fully saturated rings. The molecule has 0 bridgehead atoms. The number of carboxylic acids is 1. The molecule has 0 radical (unpaired) electrons. The van der Waals surface area contributed by atoms with Crippen LogP contribution in [0.3, 0.4) is 0 Å². The van der Waals surface area contributed by atoms with E-state index in [2.05, 4.69) is 5.32 Å². The van der Waals surface area contributed by atoms with Gasteiger partial charge in [-0.25, -0.2) is 4.79 Å². The van der Waals surface area contributed by atoms with Crippen LogP contribution in [-0.2, 0) is 9.59 Å². The molecule has 0 atom stereocenters. The minimum atomic E-state index is -1.38. The van der Waals surface area contributed by atoms with E-state index in [0.29, 0.717) is 0 Å². The average Bonchev–Trinajstić information content (AvgIpc) is 2.64. The zero-order chi connectivity index (χ0) is 13.0. The van der Waals surface area contributed by atoms with Crippen molar-refractivity contribution in [1.82, 2.24) is 5.32 Å². The number of carboxylic acid groups (broad SMARTS) is 1. The van der Waals surface area contributed by atoms with E-state index in [4.69, 9.17) is 9.52 Å². The highest BCUT2D eigenvalue weighted by Gasteiger charge is 2.14. The van der Waals surface area contributed by atoms with Gasteiger partial charge in [-0.2, -0.15) is 0 Å². The normalized spacial score (nSPS) is 11.0. The van der Waals surface area contributed by atoms with Crippen LogP contribution >= 0.6 is 0 Å². The first-order valence-electron chi connectivity index (χ1n) is 4.37. The Kier molecular flexibility index (Phi) is 3.60. The summed E-state index contributed by atoms with van der Waals surface area (Å²) in [5.41, 5.74) is -0.429. The van der Waals surface area contributed by atoms with Crippen LogP contribution in [-0.4, -0.2) is 21.9 Å². The van der Waals surface area contributed by atoms with E-state index in [0.717, 1.165) is 19.1 Å². The predicted octanol–water partition coefficient (Wildman–Crippen LogP) is 0.749. The maximum atomic E-state index is 10.7. The number of amides is 1. The van der Waals surface area contributed by atoms with Crippen LogP contribution < -0.4 is 5.32 Å². The lowest BCUT2D eigenvalue weighted by molar-refractivity contribution is -0.402. The topological polar surface area (TPSA) is 123 Å². The monoisotopic (exact) mass is 240 g/mol. The number of nitrogens with zero attached hydrogens (tertiary/aromatic N) is 1. The van der Waals surface area contributed by atoms with Gasteiger partial charge in [0.1, 0.15) is 16.4 Å². The van der Waals surface area contributed by atoms with E-state index in [9.17, 15) is 19.7 Å². The number of nitrogens with one attached hydrogen (secondary N) is 1. The molecule has 0 aliphatic carbocycles. The SMILES string of the molecule is CC(=O)NC(=Cc1ccc([N+](=O)[O-])o1)C(=O)O. The predicted molar refractivity (Wildman–Crippen MR) is 54.8 cm³/mol. The Morgan fingerprint density at radius 2 is 2.18 bits per heavy atom. The first kappa shape index (κ1) is 12.4. The summed E-state index contributed by atoms with van der Waals surface area (Å²) in [6.07, 6.45) is 0.983. The molecule has 0 saturated heterocycles. The number of carbonyl (C=O) groups is 2. The fourth-order valence-corrected chi connectivity index (χ4v) is 1.00. The summed E-state index contributed by atoms with van der Waals surface area (Å²) >= 11 is 0. The lowest BCUT2D eigenvalue weighted by atomic mass is 10.3. The molecule has 8 heteroatoms. The third-order valence-corrected chi connectivity index (χ3v) is 1.62. The van der Waals surface area contributed by atoms with Crippen LogP contribution in [0.2, 0.25) is 0 Å². The maximum Gasteiger partial charge on any atom is 0.433 e. The molecule has 1 aromatic heterocycles. The molecule has 17 heavy (non-hydrogen) atoms. The number of carbonyl (C=O) groups excluding carboxylic acids is 1. The van der Waals surface area contributed by atoms with Gasteiger partial charge in [-0.3, -0.25) is 14.9 Å². The molecule has 90 valence electrons. The Hall–Kier alpha value is -2.64. The quantitative estimate of drug-likeness (QED) is 0.454. The molecule has 1 amide bonds. The highest BCUT2D eigenvalue weighted by Crippen LogP contribution is 2.17. The zero-order valence-corrected chi connectivity index (χ0v) is 8.67. The third kappa shape index (κ3) is 3.45. The van der Waals surface area contributed by atoms with Gasteiger partial charge in [0.05, 0.1) is 6.07 Å². The van der Waals surface area contributed by atoms with Crippen molar-refractivity contribution in [2.45, 2.75) is 6.92 Å². The van der Waals surface area contributed by atoms with Gasteiger partial charge in [0.25, 0.3) is 0 Å². The summed E-state index contributed by atoms with van der Waals surface area (Å²) in [6.45, 7) is 1.14. The zero-order valence-electron chi connectivity index (χ0n) is 8.67. The molecule has 0 unspecified atom stereocenters. The Morgan fingerprint density at radius 1 is 1.53 bits per heavy atom. The van der Waals surface area contributed by atoms with Crippen molar-refractivity contribution >= 4 is 23.8 Å². The molecular formula is C9H8N2O6. The maximum absolute atomic E-state index is 10.7. The highest BCUT2D eigenvalue weighted by atomic mass is 16.6. The summed E-state index contributed by atoms with van der Waals surface area (Å²) in [5, 5.41) is 21.1. The fraction of sp³-hybridized carbons (Fsp3) is 0.111. The van der Waals surface area contributed by atoms with Gasteiger partial charge in [0.2, 0.25) is 5.91 Å². The first-order valence-corrected chi connectivity index (χ1v) is 4.37. The second-order valence-corrected chi connectivity index (χ2v) is 2.98. The van der Waals surface area contributed by atoms with Crippen LogP contribution in [0, 0.1) is 10.1 Å². The molecule has 0 aliphatic rings. The molecule has 0 saturated carbocycles. The molecule has 1 aromatic rings. The number of nitro groups is 1. The molecule has 0 aromatic carbocycles. The van der Waals surface area contributed by atoms with E-state index in [-0.39, 0.29) is 5.76 Å². The summed E-state index contributed by atoms with van der Waals surface area (Å²) in [7, 11) is 0. The second-order valence-electron chi connectivity index (χ2n) is 2.98. The summed E-state index contributed by atoms with van der Waals surface area (Å²) < 4.78 is 4.72. The summed E-state index contributed by atoms with van der Waals surface area (Å²) in [5.74, 6) is -2.49. The standard InChI is InChI=1S/C9H8N2O6/c1-5(12)10-7(9(13)14)4-6-2-3-8(17-6)11(15)16/h2-4H,1H3,(H,10,12)(H,13,14). The van der Waals surface area contributed by atoms with E-state index in [1.807, 2.05) is 0 Å². The van der Waals surface area contributed by atoms with E-state index in [1.54, 1.807) is 0 Å². The highest BCUT2D eigenvalue weighted by molar-refractivity contribution is 5.96. The smallest absolute Gasteiger partial charge is 0.433 e. The fourth-order valence-electron chi connectivity index (χ4n) is 1.00. The van der Waals surface area contributed by atoms with Crippen molar-refractivity contribution in [3.63, 3.8) is 0 Å². The Morgan fingerprint density at radius 3 is 2.59 bits per heavy atom. The molecule has 8 nitrogen and oxygen atoms in total. The first-order chi connectivity index (χ1) is 7.90. The molecule has 2 N–H and O–H groups in total.